The summed E-state index contributed by atoms with van der Waals surface area (Å²) in [4.78, 5) is 47.0. The number of hydroxylamine groups is 1. The highest BCUT2D eigenvalue weighted by Crippen LogP contribution is 2.27. The zero-order chi connectivity index (χ0) is 27.1. The molecule has 0 bridgehead atoms. The van der Waals surface area contributed by atoms with Crippen LogP contribution < -0.4 is 16.1 Å². The molecule has 1 aliphatic heterocycles. The van der Waals surface area contributed by atoms with Crippen molar-refractivity contribution < 1.29 is 32.4 Å². The van der Waals surface area contributed by atoms with Gasteiger partial charge in [0.25, 0.3) is 5.91 Å². The molecule has 1 atom stereocenters. The molecule has 2 aromatic rings. The normalized spacial score (nSPS) is 17.9. The third kappa shape index (κ3) is 7.00. The topological polar surface area (TPSA) is 113 Å². The molecule has 1 unspecified atom stereocenters. The Hall–Kier alpha value is -3.67. The minimum Gasteiger partial charge on any atom is -0.380 e. The standard InChI is InChI=1S/C26H30F3N5O4/c27-26(28,29)25(37)34-13-5-10-21(34)24(36)32-22-14-18(11-12-30-22)15-31-20-9-4-3-8-19(20)23(35)33-38-16-17-6-1-2-7-17/h3-4,8-9,11-12,14,17,21,31H,1-2,5-7,10,13,15-16H2,(H,33,35)(H,30,32,36). The molecule has 9 nitrogen and oxygen atoms in total. The van der Waals surface area contributed by atoms with Crippen molar-refractivity contribution in [2.24, 2.45) is 5.92 Å². The average Bonchev–Trinajstić information content (AvgIpc) is 3.59. The Morgan fingerprint density at radius 3 is 2.58 bits per heavy atom. The molecule has 1 aliphatic carbocycles. The second-order valence-electron chi connectivity index (χ2n) is 9.48. The molecule has 2 fully saturated rings. The van der Waals surface area contributed by atoms with E-state index in [1.54, 1.807) is 36.4 Å². The third-order valence-electron chi connectivity index (χ3n) is 6.75. The lowest BCUT2D eigenvalue weighted by atomic mass is 10.1. The van der Waals surface area contributed by atoms with Crippen LogP contribution in [0.5, 0.6) is 0 Å². The van der Waals surface area contributed by atoms with Gasteiger partial charge < -0.3 is 15.5 Å². The Kier molecular flexibility index (Phi) is 8.82. The van der Waals surface area contributed by atoms with E-state index >= 15 is 0 Å². The van der Waals surface area contributed by atoms with E-state index < -0.39 is 24.0 Å². The Labute approximate surface area is 218 Å². The van der Waals surface area contributed by atoms with Gasteiger partial charge in [0, 0.05) is 25.0 Å². The van der Waals surface area contributed by atoms with Crippen LogP contribution >= 0.6 is 0 Å². The number of benzene rings is 1. The lowest BCUT2D eigenvalue weighted by Gasteiger charge is -2.24. The Balaban J connectivity index is 1.33. The van der Waals surface area contributed by atoms with Crippen molar-refractivity contribution in [2.45, 2.75) is 57.3 Å². The highest BCUT2D eigenvalue weighted by molar-refractivity contribution is 5.99. The number of pyridine rings is 1. The molecule has 0 spiro atoms. The van der Waals surface area contributed by atoms with E-state index in [0.717, 1.165) is 12.8 Å². The van der Waals surface area contributed by atoms with Crippen LogP contribution in [-0.2, 0) is 21.0 Å². The number of hydrogen-bond acceptors (Lipinski definition) is 6. The van der Waals surface area contributed by atoms with Crippen LogP contribution in [-0.4, -0.2) is 53.0 Å². The number of likely N-dealkylation sites (tertiary alicyclic amines) is 1. The number of halogens is 3. The number of nitrogens with zero attached hydrogens (tertiary/aromatic N) is 2. The van der Waals surface area contributed by atoms with Gasteiger partial charge in [-0.2, -0.15) is 13.2 Å². The molecule has 3 N–H and O–H groups in total. The second-order valence-corrected chi connectivity index (χ2v) is 9.48. The monoisotopic (exact) mass is 533 g/mol. The predicted octanol–water partition coefficient (Wildman–Crippen LogP) is 4.04. The second kappa shape index (κ2) is 12.2. The van der Waals surface area contributed by atoms with Crippen LogP contribution in [0.4, 0.5) is 24.7 Å². The van der Waals surface area contributed by atoms with Crippen LogP contribution in [0.1, 0.15) is 54.4 Å². The number of nitrogens with one attached hydrogen (secondary N) is 3. The number of alkyl halides is 3. The van der Waals surface area contributed by atoms with Crippen molar-refractivity contribution >= 4 is 29.2 Å². The summed E-state index contributed by atoms with van der Waals surface area (Å²) < 4.78 is 38.6. The van der Waals surface area contributed by atoms with E-state index in [4.69, 9.17) is 4.84 Å². The summed E-state index contributed by atoms with van der Waals surface area (Å²) in [5, 5.41) is 5.70. The van der Waals surface area contributed by atoms with E-state index in [2.05, 4.69) is 21.1 Å². The summed E-state index contributed by atoms with van der Waals surface area (Å²) in [6.07, 6.45) is 1.43. The first-order valence-corrected chi connectivity index (χ1v) is 12.6. The quantitative estimate of drug-likeness (QED) is 0.420. The molecule has 3 amide bonds. The molecule has 204 valence electrons. The van der Waals surface area contributed by atoms with Crippen molar-refractivity contribution in [2.75, 3.05) is 23.8 Å². The first-order chi connectivity index (χ1) is 18.2. The fourth-order valence-corrected chi connectivity index (χ4v) is 4.80. The molecule has 1 aromatic carbocycles. The molecule has 38 heavy (non-hydrogen) atoms. The van der Waals surface area contributed by atoms with Crippen LogP contribution in [0.3, 0.4) is 0 Å². The fraction of sp³-hybridized carbons (Fsp3) is 0.462. The number of para-hydroxylation sites is 1. The molecule has 4 rings (SSSR count). The van der Waals surface area contributed by atoms with Gasteiger partial charge in [0.15, 0.2) is 0 Å². The largest absolute Gasteiger partial charge is 0.471 e. The van der Waals surface area contributed by atoms with Crippen molar-refractivity contribution in [1.82, 2.24) is 15.4 Å². The van der Waals surface area contributed by atoms with Gasteiger partial charge in [0.2, 0.25) is 5.91 Å². The van der Waals surface area contributed by atoms with E-state index in [0.29, 0.717) is 40.7 Å². The average molecular weight is 534 g/mol. The predicted molar refractivity (Wildman–Crippen MR) is 133 cm³/mol. The van der Waals surface area contributed by atoms with Crippen LogP contribution in [0.25, 0.3) is 0 Å². The number of aromatic nitrogens is 1. The highest BCUT2D eigenvalue weighted by atomic mass is 19.4. The first kappa shape index (κ1) is 27.4. The number of hydrogen-bond donors (Lipinski definition) is 3. The molecule has 1 saturated carbocycles. The van der Waals surface area contributed by atoms with E-state index in [1.807, 2.05) is 0 Å². The number of amides is 3. The van der Waals surface area contributed by atoms with Crippen LogP contribution in [0.15, 0.2) is 42.6 Å². The van der Waals surface area contributed by atoms with Gasteiger partial charge in [-0.05, 0) is 61.4 Å². The molecule has 2 aliphatic rings. The molecule has 0 radical (unpaired) electrons. The lowest BCUT2D eigenvalue weighted by molar-refractivity contribution is -0.186. The number of carbonyl (C=O) groups is 3. The summed E-state index contributed by atoms with van der Waals surface area (Å²) in [5.74, 6) is -2.51. The number of carbonyl (C=O) groups excluding carboxylic acids is 3. The molecular formula is C26H30F3N5O4. The molecule has 1 aromatic heterocycles. The minimum atomic E-state index is -5.04. The zero-order valence-electron chi connectivity index (χ0n) is 20.7. The number of anilines is 2. The SMILES string of the molecule is O=C(NOCC1CCCC1)c1ccccc1NCc1ccnc(NC(=O)C2CCCN2C(=O)C(F)(F)F)c1. The molecular weight excluding hydrogens is 503 g/mol. The summed E-state index contributed by atoms with van der Waals surface area (Å²) >= 11 is 0. The summed E-state index contributed by atoms with van der Waals surface area (Å²) in [7, 11) is 0. The van der Waals surface area contributed by atoms with E-state index in [1.165, 1.54) is 19.0 Å². The maximum absolute atomic E-state index is 12.9. The Bertz CT molecular complexity index is 1150. The van der Waals surface area contributed by atoms with Gasteiger partial charge in [-0.25, -0.2) is 10.5 Å². The maximum atomic E-state index is 12.9. The number of rotatable bonds is 9. The van der Waals surface area contributed by atoms with Crippen molar-refractivity contribution in [3.05, 3.63) is 53.7 Å². The molecule has 1 saturated heterocycles. The maximum Gasteiger partial charge on any atom is 0.471 e. The van der Waals surface area contributed by atoms with Gasteiger partial charge in [-0.15, -0.1) is 0 Å². The van der Waals surface area contributed by atoms with Gasteiger partial charge in [-0.3, -0.25) is 19.2 Å². The van der Waals surface area contributed by atoms with Gasteiger partial charge in [0.05, 0.1) is 12.2 Å². The summed E-state index contributed by atoms with van der Waals surface area (Å²) in [5.41, 5.74) is 4.19. The fourth-order valence-electron chi connectivity index (χ4n) is 4.80. The van der Waals surface area contributed by atoms with E-state index in [9.17, 15) is 27.6 Å². The van der Waals surface area contributed by atoms with Crippen LogP contribution in [0, 0.1) is 5.92 Å². The minimum absolute atomic E-state index is 0.133. The van der Waals surface area contributed by atoms with Crippen molar-refractivity contribution in [1.29, 1.82) is 0 Å². The smallest absolute Gasteiger partial charge is 0.380 e. The highest BCUT2D eigenvalue weighted by Gasteiger charge is 2.47. The first-order valence-electron chi connectivity index (χ1n) is 12.6. The summed E-state index contributed by atoms with van der Waals surface area (Å²) in [6.45, 7) is 0.628. The molecule has 2 heterocycles. The Morgan fingerprint density at radius 2 is 1.82 bits per heavy atom. The Morgan fingerprint density at radius 1 is 1.05 bits per heavy atom. The van der Waals surface area contributed by atoms with Gasteiger partial charge in [-0.1, -0.05) is 25.0 Å². The molecule has 12 heteroatoms. The zero-order valence-corrected chi connectivity index (χ0v) is 20.7. The van der Waals surface area contributed by atoms with Crippen molar-refractivity contribution in [3.8, 4) is 0 Å². The van der Waals surface area contributed by atoms with Crippen molar-refractivity contribution in [3.63, 3.8) is 0 Å². The van der Waals surface area contributed by atoms with E-state index in [-0.39, 0.29) is 31.2 Å². The summed E-state index contributed by atoms with van der Waals surface area (Å²) in [6, 6.07) is 9.01. The van der Waals surface area contributed by atoms with Gasteiger partial charge >= 0.3 is 12.1 Å². The third-order valence-corrected chi connectivity index (χ3v) is 6.75. The van der Waals surface area contributed by atoms with Crippen LogP contribution in [0.2, 0.25) is 0 Å². The lowest BCUT2D eigenvalue weighted by Crippen LogP contribution is -2.48. The van der Waals surface area contributed by atoms with Gasteiger partial charge in [0.1, 0.15) is 11.9 Å².